The highest BCUT2D eigenvalue weighted by molar-refractivity contribution is 5.83. The summed E-state index contributed by atoms with van der Waals surface area (Å²) in [6.45, 7) is 2.30. The topological polar surface area (TPSA) is 44.9 Å². The summed E-state index contributed by atoms with van der Waals surface area (Å²) in [6.07, 6.45) is 9.37. The van der Waals surface area contributed by atoms with Gasteiger partial charge in [-0.25, -0.2) is 0 Å². The summed E-state index contributed by atoms with van der Waals surface area (Å²) in [5.41, 5.74) is 2.49. The second-order valence-corrected chi connectivity index (χ2v) is 6.74. The maximum absolute atomic E-state index is 12.1. The van der Waals surface area contributed by atoms with Gasteiger partial charge in [0.25, 0.3) is 0 Å². The van der Waals surface area contributed by atoms with E-state index in [9.17, 15) is 4.79 Å². The summed E-state index contributed by atoms with van der Waals surface area (Å²) < 4.78 is 0. The number of aromatic nitrogens is 1. The van der Waals surface area contributed by atoms with Crippen LogP contribution >= 0.6 is 0 Å². The molecule has 1 saturated carbocycles. The van der Waals surface area contributed by atoms with Gasteiger partial charge >= 0.3 is 0 Å². The highest BCUT2D eigenvalue weighted by atomic mass is 16.1. The van der Waals surface area contributed by atoms with Crippen LogP contribution in [0.3, 0.4) is 0 Å². The fraction of sp³-hybridized carbons (Fsp3) is 0.526. The Morgan fingerprint density at radius 2 is 2.00 bits per heavy atom. The molecule has 1 amide bonds. The van der Waals surface area contributed by atoms with Crippen LogP contribution in [0.15, 0.2) is 30.5 Å². The number of fused-ring (bicyclic) bond motifs is 1. The highest BCUT2D eigenvalue weighted by Crippen LogP contribution is 2.23. The molecule has 3 heteroatoms. The third-order valence-electron chi connectivity index (χ3n) is 4.91. The zero-order valence-corrected chi connectivity index (χ0v) is 13.4. The van der Waals surface area contributed by atoms with Crippen molar-refractivity contribution in [2.24, 2.45) is 5.92 Å². The molecule has 2 N–H and O–H groups in total. The van der Waals surface area contributed by atoms with Crippen LogP contribution in [0.1, 0.15) is 51.0 Å². The van der Waals surface area contributed by atoms with E-state index in [1.165, 1.54) is 29.3 Å². The number of aryl methyl sites for hydroxylation is 1. The lowest BCUT2D eigenvalue weighted by Crippen LogP contribution is -2.37. The maximum Gasteiger partial charge on any atom is 0.220 e. The molecule has 1 aromatic carbocycles. The molecule has 0 atom stereocenters. The Labute approximate surface area is 132 Å². The summed E-state index contributed by atoms with van der Waals surface area (Å²) in [4.78, 5) is 15.4. The fourth-order valence-electron chi connectivity index (χ4n) is 3.48. The van der Waals surface area contributed by atoms with Crippen molar-refractivity contribution in [3.8, 4) is 0 Å². The summed E-state index contributed by atoms with van der Waals surface area (Å²) in [5, 5.41) is 4.49. The molecule has 0 radical (unpaired) electrons. The Morgan fingerprint density at radius 3 is 2.82 bits per heavy atom. The van der Waals surface area contributed by atoms with Crippen molar-refractivity contribution in [2.75, 3.05) is 0 Å². The molecule has 1 heterocycles. The zero-order chi connectivity index (χ0) is 15.4. The van der Waals surface area contributed by atoms with Crippen molar-refractivity contribution in [3.05, 3.63) is 36.0 Å². The molecule has 0 unspecified atom stereocenters. The zero-order valence-electron chi connectivity index (χ0n) is 13.4. The molecule has 1 aliphatic carbocycles. The van der Waals surface area contributed by atoms with Crippen molar-refractivity contribution in [1.29, 1.82) is 0 Å². The van der Waals surface area contributed by atoms with Gasteiger partial charge in [0.05, 0.1) is 0 Å². The van der Waals surface area contributed by atoms with Gasteiger partial charge in [0.1, 0.15) is 0 Å². The average molecular weight is 298 g/mol. The number of hydrogen-bond donors (Lipinski definition) is 2. The van der Waals surface area contributed by atoms with Crippen molar-refractivity contribution in [2.45, 2.75) is 57.9 Å². The van der Waals surface area contributed by atoms with Crippen LogP contribution in [0.25, 0.3) is 10.9 Å². The van der Waals surface area contributed by atoms with E-state index in [4.69, 9.17) is 0 Å². The first-order valence-electron chi connectivity index (χ1n) is 8.56. The number of hydrogen-bond acceptors (Lipinski definition) is 1. The van der Waals surface area contributed by atoms with Crippen molar-refractivity contribution >= 4 is 16.8 Å². The van der Waals surface area contributed by atoms with Gasteiger partial charge in [-0.15, -0.1) is 0 Å². The number of benzene rings is 1. The van der Waals surface area contributed by atoms with E-state index in [0.717, 1.165) is 31.6 Å². The normalized spacial score (nSPS) is 21.9. The van der Waals surface area contributed by atoms with Gasteiger partial charge in [0.2, 0.25) is 5.91 Å². The van der Waals surface area contributed by atoms with Crippen LogP contribution in [0.2, 0.25) is 0 Å². The second kappa shape index (κ2) is 6.99. The molecule has 0 spiro atoms. The van der Waals surface area contributed by atoms with Gasteiger partial charge in [-0.2, -0.15) is 0 Å². The predicted molar refractivity (Wildman–Crippen MR) is 90.8 cm³/mol. The molecular weight excluding hydrogens is 272 g/mol. The molecule has 1 aliphatic rings. The largest absolute Gasteiger partial charge is 0.361 e. The summed E-state index contributed by atoms with van der Waals surface area (Å²) in [6, 6.07) is 8.76. The minimum atomic E-state index is 0.222. The summed E-state index contributed by atoms with van der Waals surface area (Å²) in [7, 11) is 0. The average Bonchev–Trinajstić information content (AvgIpc) is 2.93. The Kier molecular flexibility index (Phi) is 4.81. The quantitative estimate of drug-likeness (QED) is 0.854. The smallest absolute Gasteiger partial charge is 0.220 e. The van der Waals surface area contributed by atoms with Crippen LogP contribution in [0.5, 0.6) is 0 Å². The van der Waals surface area contributed by atoms with Gasteiger partial charge in [-0.1, -0.05) is 25.1 Å². The van der Waals surface area contributed by atoms with E-state index in [1.807, 2.05) is 6.07 Å². The van der Waals surface area contributed by atoms with Crippen LogP contribution in [0, 0.1) is 5.92 Å². The van der Waals surface area contributed by atoms with Crippen molar-refractivity contribution in [3.63, 3.8) is 0 Å². The van der Waals surface area contributed by atoms with Crippen LogP contribution in [-0.4, -0.2) is 16.9 Å². The maximum atomic E-state index is 12.1. The van der Waals surface area contributed by atoms with Crippen LogP contribution in [-0.2, 0) is 11.2 Å². The van der Waals surface area contributed by atoms with E-state index in [-0.39, 0.29) is 5.91 Å². The van der Waals surface area contributed by atoms with Crippen LogP contribution < -0.4 is 5.32 Å². The Hall–Kier alpha value is -1.77. The van der Waals surface area contributed by atoms with E-state index >= 15 is 0 Å². The molecular formula is C19H26N2O. The lowest BCUT2D eigenvalue weighted by Gasteiger charge is -2.26. The van der Waals surface area contributed by atoms with Gasteiger partial charge in [-0.3, -0.25) is 4.79 Å². The number of nitrogens with one attached hydrogen (secondary N) is 2. The van der Waals surface area contributed by atoms with Crippen LogP contribution in [0.4, 0.5) is 0 Å². The molecule has 1 fully saturated rings. The minimum Gasteiger partial charge on any atom is -0.361 e. The molecule has 118 valence electrons. The Balaban J connectivity index is 1.44. The van der Waals surface area contributed by atoms with Crippen molar-refractivity contribution in [1.82, 2.24) is 10.3 Å². The Bertz CT molecular complexity index is 623. The number of carbonyl (C=O) groups is 1. The number of para-hydroxylation sites is 1. The van der Waals surface area contributed by atoms with Gasteiger partial charge in [0, 0.05) is 29.6 Å². The minimum absolute atomic E-state index is 0.222. The number of amides is 1. The highest BCUT2D eigenvalue weighted by Gasteiger charge is 2.19. The SMILES string of the molecule is CC1CCC(NC(=O)CCCc2c[nH]c3ccccc23)CC1. The van der Waals surface area contributed by atoms with E-state index < -0.39 is 0 Å². The standard InChI is InChI=1S/C19H26N2O/c1-14-9-11-16(12-10-14)21-19(22)8-4-5-15-13-20-18-7-3-2-6-17(15)18/h2-3,6-7,13-14,16,20H,4-5,8-12H2,1H3,(H,21,22). The lowest BCUT2D eigenvalue weighted by atomic mass is 9.87. The van der Waals surface area contributed by atoms with E-state index in [1.54, 1.807) is 0 Å². The fourth-order valence-corrected chi connectivity index (χ4v) is 3.48. The first kappa shape index (κ1) is 15.1. The molecule has 0 saturated heterocycles. The lowest BCUT2D eigenvalue weighted by molar-refractivity contribution is -0.122. The first-order valence-corrected chi connectivity index (χ1v) is 8.56. The number of aromatic amines is 1. The molecule has 22 heavy (non-hydrogen) atoms. The molecule has 1 aromatic heterocycles. The monoisotopic (exact) mass is 298 g/mol. The molecule has 3 nitrogen and oxygen atoms in total. The van der Waals surface area contributed by atoms with E-state index in [0.29, 0.717) is 12.5 Å². The second-order valence-electron chi connectivity index (χ2n) is 6.74. The molecule has 3 rings (SSSR count). The number of rotatable bonds is 5. The third kappa shape index (κ3) is 3.70. The summed E-state index contributed by atoms with van der Waals surface area (Å²) in [5.74, 6) is 1.05. The molecule has 0 bridgehead atoms. The molecule has 2 aromatic rings. The third-order valence-corrected chi connectivity index (χ3v) is 4.91. The first-order chi connectivity index (χ1) is 10.7. The number of carbonyl (C=O) groups excluding carboxylic acids is 1. The molecule has 0 aliphatic heterocycles. The Morgan fingerprint density at radius 1 is 1.23 bits per heavy atom. The summed E-state index contributed by atoms with van der Waals surface area (Å²) >= 11 is 0. The van der Waals surface area contributed by atoms with Gasteiger partial charge in [-0.05, 0) is 56.1 Å². The van der Waals surface area contributed by atoms with E-state index in [2.05, 4.69) is 41.6 Å². The number of H-pyrrole nitrogens is 1. The van der Waals surface area contributed by atoms with Crippen molar-refractivity contribution < 1.29 is 4.79 Å². The predicted octanol–water partition coefficient (Wildman–Crippen LogP) is 4.19. The van der Waals surface area contributed by atoms with Gasteiger partial charge in [0.15, 0.2) is 0 Å². The van der Waals surface area contributed by atoms with Gasteiger partial charge < -0.3 is 10.3 Å².